The monoisotopic (exact) mass is 227 g/mol. The molecule has 1 aliphatic rings. The summed E-state index contributed by atoms with van der Waals surface area (Å²) in [5, 5.41) is 0. The summed E-state index contributed by atoms with van der Waals surface area (Å²) in [4.78, 5) is 4.24. The number of hydrogen-bond acceptors (Lipinski definition) is 2. The fourth-order valence-corrected chi connectivity index (χ4v) is 2.65. The third-order valence-corrected chi connectivity index (χ3v) is 3.51. The lowest BCUT2D eigenvalue weighted by molar-refractivity contribution is 0.560. The van der Waals surface area contributed by atoms with Crippen LogP contribution in [0.5, 0.6) is 0 Å². The van der Waals surface area contributed by atoms with Crippen molar-refractivity contribution in [3.8, 4) is 5.69 Å². The zero-order valence-corrected chi connectivity index (χ0v) is 10.1. The smallest absolute Gasteiger partial charge is 0.0485 e. The molecule has 88 valence electrons. The van der Waals surface area contributed by atoms with E-state index in [4.69, 9.17) is 5.73 Å². The van der Waals surface area contributed by atoms with E-state index in [-0.39, 0.29) is 6.04 Å². The highest BCUT2D eigenvalue weighted by atomic mass is 15.0. The van der Waals surface area contributed by atoms with Crippen LogP contribution in [0, 0.1) is 6.92 Å². The van der Waals surface area contributed by atoms with Gasteiger partial charge in [-0.2, -0.15) is 0 Å². The first-order valence-corrected chi connectivity index (χ1v) is 6.14. The molecule has 2 aromatic heterocycles. The molecule has 3 rings (SSSR count). The van der Waals surface area contributed by atoms with Gasteiger partial charge in [0.05, 0.1) is 0 Å². The van der Waals surface area contributed by atoms with Gasteiger partial charge in [-0.15, -0.1) is 0 Å². The topological polar surface area (TPSA) is 43.8 Å². The molecule has 2 aromatic rings. The van der Waals surface area contributed by atoms with Crippen LogP contribution >= 0.6 is 0 Å². The standard InChI is InChI=1S/C14H17N3/c1-10-9-11(5-7-16-10)17-8-6-12-13(15)3-2-4-14(12)17/h5-9,13H,2-4,15H2,1H3. The molecule has 17 heavy (non-hydrogen) atoms. The molecule has 0 fully saturated rings. The molecule has 1 unspecified atom stereocenters. The van der Waals surface area contributed by atoms with Crippen molar-refractivity contribution in [2.24, 2.45) is 5.73 Å². The number of aromatic nitrogens is 2. The molecule has 0 aromatic carbocycles. The van der Waals surface area contributed by atoms with Gasteiger partial charge in [-0.25, -0.2) is 0 Å². The van der Waals surface area contributed by atoms with E-state index < -0.39 is 0 Å². The van der Waals surface area contributed by atoms with E-state index in [9.17, 15) is 0 Å². The molecule has 0 radical (unpaired) electrons. The number of aryl methyl sites for hydroxylation is 1. The van der Waals surface area contributed by atoms with E-state index in [1.807, 2.05) is 19.2 Å². The van der Waals surface area contributed by atoms with Crippen LogP contribution in [0.2, 0.25) is 0 Å². The quantitative estimate of drug-likeness (QED) is 0.813. The Kier molecular flexibility index (Phi) is 2.48. The minimum Gasteiger partial charge on any atom is -0.324 e. The van der Waals surface area contributed by atoms with E-state index in [1.165, 1.54) is 23.4 Å². The fraction of sp³-hybridized carbons (Fsp3) is 0.357. The summed E-state index contributed by atoms with van der Waals surface area (Å²) in [7, 11) is 0. The summed E-state index contributed by atoms with van der Waals surface area (Å²) < 4.78 is 2.25. The van der Waals surface area contributed by atoms with E-state index in [1.54, 1.807) is 0 Å². The summed E-state index contributed by atoms with van der Waals surface area (Å²) in [5.41, 5.74) is 11.1. The van der Waals surface area contributed by atoms with E-state index >= 15 is 0 Å². The van der Waals surface area contributed by atoms with Crippen molar-refractivity contribution in [2.45, 2.75) is 32.2 Å². The van der Waals surface area contributed by atoms with Crippen LogP contribution in [0.15, 0.2) is 30.6 Å². The van der Waals surface area contributed by atoms with Crippen LogP contribution in [-0.4, -0.2) is 9.55 Å². The molecule has 0 spiro atoms. The molecule has 1 atom stereocenters. The molecule has 0 amide bonds. The number of nitrogens with zero attached hydrogens (tertiary/aromatic N) is 2. The van der Waals surface area contributed by atoms with Crippen LogP contribution in [-0.2, 0) is 6.42 Å². The lowest BCUT2D eigenvalue weighted by Gasteiger charge is -2.21. The fourth-order valence-electron chi connectivity index (χ4n) is 2.65. The molecule has 0 aliphatic heterocycles. The van der Waals surface area contributed by atoms with Crippen molar-refractivity contribution in [3.05, 3.63) is 47.5 Å². The first-order chi connectivity index (χ1) is 8.25. The zero-order chi connectivity index (χ0) is 11.8. The minimum atomic E-state index is 0.211. The first-order valence-electron chi connectivity index (χ1n) is 6.14. The van der Waals surface area contributed by atoms with Gasteiger partial charge in [0, 0.05) is 35.5 Å². The summed E-state index contributed by atoms with van der Waals surface area (Å²) in [5.74, 6) is 0. The Labute approximate surface area is 101 Å². The Morgan fingerprint density at radius 3 is 3.12 bits per heavy atom. The van der Waals surface area contributed by atoms with Crippen LogP contribution in [0.4, 0.5) is 0 Å². The molecule has 0 saturated heterocycles. The van der Waals surface area contributed by atoms with Gasteiger partial charge in [-0.1, -0.05) is 0 Å². The van der Waals surface area contributed by atoms with E-state index in [0.29, 0.717) is 0 Å². The maximum Gasteiger partial charge on any atom is 0.0485 e. The van der Waals surface area contributed by atoms with Crippen LogP contribution in [0.3, 0.4) is 0 Å². The molecule has 2 heterocycles. The third kappa shape index (κ3) is 1.76. The highest BCUT2D eigenvalue weighted by Crippen LogP contribution is 2.30. The van der Waals surface area contributed by atoms with E-state index in [0.717, 1.165) is 18.5 Å². The summed E-state index contributed by atoms with van der Waals surface area (Å²) in [6.45, 7) is 2.02. The van der Waals surface area contributed by atoms with Crippen LogP contribution in [0.25, 0.3) is 5.69 Å². The van der Waals surface area contributed by atoms with Gasteiger partial charge in [0.25, 0.3) is 0 Å². The molecule has 3 heteroatoms. The average Bonchev–Trinajstić information content (AvgIpc) is 2.74. The summed E-state index contributed by atoms with van der Waals surface area (Å²) in [6, 6.07) is 6.53. The summed E-state index contributed by atoms with van der Waals surface area (Å²) in [6.07, 6.45) is 7.40. The Balaban J connectivity index is 2.10. The van der Waals surface area contributed by atoms with Gasteiger partial charge < -0.3 is 10.3 Å². The molecule has 0 bridgehead atoms. The predicted molar refractivity (Wildman–Crippen MR) is 68.2 cm³/mol. The predicted octanol–water partition coefficient (Wildman–Crippen LogP) is 2.52. The molecule has 2 N–H and O–H groups in total. The second-order valence-electron chi connectivity index (χ2n) is 4.74. The van der Waals surface area contributed by atoms with Crippen molar-refractivity contribution < 1.29 is 0 Å². The van der Waals surface area contributed by atoms with Crippen LogP contribution in [0.1, 0.15) is 35.8 Å². The Morgan fingerprint density at radius 2 is 2.29 bits per heavy atom. The Hall–Kier alpha value is -1.61. The highest BCUT2D eigenvalue weighted by Gasteiger charge is 2.20. The number of pyridine rings is 1. The second kappa shape index (κ2) is 4.00. The molecular formula is C14H17N3. The first kappa shape index (κ1) is 10.5. The maximum absolute atomic E-state index is 6.14. The lowest BCUT2D eigenvalue weighted by Crippen LogP contribution is -2.17. The van der Waals surface area contributed by atoms with Gasteiger partial charge in [0.15, 0.2) is 0 Å². The van der Waals surface area contributed by atoms with Crippen molar-refractivity contribution in [1.82, 2.24) is 9.55 Å². The largest absolute Gasteiger partial charge is 0.324 e. The normalized spacial score (nSPS) is 19.1. The molecular weight excluding hydrogens is 210 g/mol. The number of rotatable bonds is 1. The van der Waals surface area contributed by atoms with Gasteiger partial charge in [0.1, 0.15) is 0 Å². The van der Waals surface area contributed by atoms with Crippen molar-refractivity contribution in [2.75, 3.05) is 0 Å². The van der Waals surface area contributed by atoms with Gasteiger partial charge >= 0.3 is 0 Å². The summed E-state index contributed by atoms with van der Waals surface area (Å²) >= 11 is 0. The average molecular weight is 227 g/mol. The SMILES string of the molecule is Cc1cc(-n2ccc3c2CCCC3N)ccn1. The van der Waals surface area contributed by atoms with Crippen molar-refractivity contribution in [3.63, 3.8) is 0 Å². The Bertz CT molecular complexity index is 542. The van der Waals surface area contributed by atoms with E-state index in [2.05, 4.69) is 27.9 Å². The number of nitrogens with two attached hydrogens (primary N) is 1. The zero-order valence-electron chi connectivity index (χ0n) is 10.1. The molecule has 1 aliphatic carbocycles. The lowest BCUT2D eigenvalue weighted by atomic mass is 9.93. The number of hydrogen-bond donors (Lipinski definition) is 1. The Morgan fingerprint density at radius 1 is 1.41 bits per heavy atom. The molecule has 3 nitrogen and oxygen atoms in total. The van der Waals surface area contributed by atoms with Crippen molar-refractivity contribution in [1.29, 1.82) is 0 Å². The van der Waals surface area contributed by atoms with Gasteiger partial charge in [-0.05, 0) is 49.9 Å². The van der Waals surface area contributed by atoms with Gasteiger partial charge in [0.2, 0.25) is 0 Å². The molecule has 0 saturated carbocycles. The second-order valence-corrected chi connectivity index (χ2v) is 4.74. The third-order valence-electron chi connectivity index (χ3n) is 3.51. The highest BCUT2D eigenvalue weighted by molar-refractivity contribution is 5.40. The van der Waals surface area contributed by atoms with Gasteiger partial charge in [-0.3, -0.25) is 4.98 Å². The van der Waals surface area contributed by atoms with Crippen molar-refractivity contribution >= 4 is 0 Å². The minimum absolute atomic E-state index is 0.211. The number of fused-ring (bicyclic) bond motifs is 1. The van der Waals surface area contributed by atoms with Crippen LogP contribution < -0.4 is 5.73 Å². The maximum atomic E-state index is 6.14.